The van der Waals surface area contributed by atoms with Crippen LogP contribution in [0, 0.1) is 16.7 Å². The third kappa shape index (κ3) is 2.77. The van der Waals surface area contributed by atoms with Crippen molar-refractivity contribution in [1.82, 2.24) is 9.73 Å². The third-order valence-electron chi connectivity index (χ3n) is 6.68. The maximum Gasteiger partial charge on any atom is 0.271 e. The van der Waals surface area contributed by atoms with E-state index in [9.17, 15) is 13.2 Å². The molecular weight excluding hydrogens is 350 g/mol. The van der Waals surface area contributed by atoms with Gasteiger partial charge in [-0.25, -0.2) is 18.1 Å². The predicted molar refractivity (Wildman–Crippen MR) is 101 cm³/mol. The van der Waals surface area contributed by atoms with Crippen molar-refractivity contribution < 1.29 is 13.2 Å². The Hall–Kier alpha value is -1.73. The molecule has 2 bridgehead atoms. The second-order valence-electron chi connectivity index (χ2n) is 8.31. The summed E-state index contributed by atoms with van der Waals surface area (Å²) in [7, 11) is -0.650. The molecule has 2 aliphatic rings. The Bertz CT molecular complexity index is 874. The van der Waals surface area contributed by atoms with Crippen LogP contribution in [0.2, 0.25) is 0 Å². The van der Waals surface area contributed by atoms with Crippen molar-refractivity contribution in [1.29, 1.82) is 0 Å². The number of sulfonamides is 1. The number of fused-ring (bicyclic) bond motifs is 2. The second-order valence-corrected chi connectivity index (χ2v) is 10.5. The molecule has 2 aliphatic carbocycles. The summed E-state index contributed by atoms with van der Waals surface area (Å²) in [5.74, 6) is 0.217. The highest BCUT2D eigenvalue weighted by atomic mass is 32.2. The average molecular weight is 378 g/mol. The van der Waals surface area contributed by atoms with Crippen LogP contribution < -0.4 is 5.43 Å². The Labute approximate surface area is 155 Å². The molecule has 0 spiro atoms. The number of nitrogens with zero attached hydrogens (tertiary/aromatic N) is 2. The molecule has 0 aromatic heterocycles. The standard InChI is InChI=1S/C19H27N3O3S/c1-18(2)14-9-10-19(18,3)16(12-14)20-21-17(23)13-7-6-8-15(11-13)26(24,25)22(4)5/h6-8,11,14H,9-10,12H2,1-5H3,(H,21,23)/b20-16-/t14-,19+/m0/s1. The zero-order valence-electron chi connectivity index (χ0n) is 16.0. The van der Waals surface area contributed by atoms with Crippen molar-refractivity contribution >= 4 is 21.6 Å². The van der Waals surface area contributed by atoms with Gasteiger partial charge in [0.05, 0.1) is 4.90 Å². The average Bonchev–Trinajstić information content (AvgIpc) is 2.92. The highest BCUT2D eigenvalue weighted by Gasteiger charge is 2.60. The predicted octanol–water partition coefficient (Wildman–Crippen LogP) is 2.87. The van der Waals surface area contributed by atoms with Crippen molar-refractivity contribution in [2.45, 2.75) is 44.9 Å². The summed E-state index contributed by atoms with van der Waals surface area (Å²) in [6, 6.07) is 6.03. The number of carbonyl (C=O) groups excluding carboxylic acids is 1. The molecule has 0 aliphatic heterocycles. The van der Waals surface area contributed by atoms with Crippen LogP contribution in [0.1, 0.15) is 50.4 Å². The molecule has 2 atom stereocenters. The van der Waals surface area contributed by atoms with Gasteiger partial charge in [-0.15, -0.1) is 0 Å². The number of nitrogens with one attached hydrogen (secondary N) is 1. The molecule has 2 saturated carbocycles. The Morgan fingerprint density at radius 1 is 1.27 bits per heavy atom. The molecule has 0 heterocycles. The van der Waals surface area contributed by atoms with Gasteiger partial charge >= 0.3 is 0 Å². The zero-order valence-corrected chi connectivity index (χ0v) is 16.9. The van der Waals surface area contributed by atoms with Gasteiger partial charge in [-0.1, -0.05) is 26.8 Å². The van der Waals surface area contributed by atoms with Gasteiger partial charge in [0.2, 0.25) is 10.0 Å². The molecule has 2 fully saturated rings. The topological polar surface area (TPSA) is 78.8 Å². The van der Waals surface area contributed by atoms with E-state index in [2.05, 4.69) is 31.3 Å². The Morgan fingerprint density at radius 3 is 2.50 bits per heavy atom. The van der Waals surface area contributed by atoms with E-state index >= 15 is 0 Å². The monoisotopic (exact) mass is 377 g/mol. The fourth-order valence-electron chi connectivity index (χ4n) is 4.29. The largest absolute Gasteiger partial charge is 0.271 e. The van der Waals surface area contributed by atoms with Crippen LogP contribution in [0.5, 0.6) is 0 Å². The minimum Gasteiger partial charge on any atom is -0.267 e. The molecule has 0 radical (unpaired) electrons. The van der Waals surface area contributed by atoms with Crippen molar-refractivity contribution in [2.75, 3.05) is 14.1 Å². The molecule has 1 aromatic rings. The maximum absolute atomic E-state index is 12.5. The van der Waals surface area contributed by atoms with E-state index in [0.29, 0.717) is 5.92 Å². The smallest absolute Gasteiger partial charge is 0.267 e. The maximum atomic E-state index is 12.5. The van der Waals surface area contributed by atoms with Gasteiger partial charge in [-0.3, -0.25) is 4.79 Å². The molecule has 0 saturated heterocycles. The highest BCUT2D eigenvalue weighted by molar-refractivity contribution is 7.89. The van der Waals surface area contributed by atoms with Crippen LogP contribution in [0.15, 0.2) is 34.3 Å². The Balaban J connectivity index is 1.80. The molecule has 6 nitrogen and oxygen atoms in total. The summed E-state index contributed by atoms with van der Waals surface area (Å²) in [6.07, 6.45) is 3.22. The van der Waals surface area contributed by atoms with Crippen molar-refractivity contribution in [3.63, 3.8) is 0 Å². The first-order valence-electron chi connectivity index (χ1n) is 8.90. The second kappa shape index (κ2) is 6.16. The summed E-state index contributed by atoms with van der Waals surface area (Å²) in [4.78, 5) is 12.6. The normalized spacial score (nSPS) is 28.7. The fourth-order valence-corrected chi connectivity index (χ4v) is 5.24. The fraction of sp³-hybridized carbons (Fsp3) is 0.579. The Kier molecular flexibility index (Phi) is 4.51. The number of hydrogen-bond donors (Lipinski definition) is 1. The van der Waals surface area contributed by atoms with Crippen molar-refractivity contribution in [2.24, 2.45) is 21.8 Å². The van der Waals surface area contributed by atoms with E-state index < -0.39 is 15.9 Å². The van der Waals surface area contributed by atoms with E-state index in [1.807, 2.05) is 0 Å². The van der Waals surface area contributed by atoms with Gasteiger partial charge in [0.25, 0.3) is 5.91 Å². The first kappa shape index (κ1) is 19.0. The number of rotatable bonds is 4. The Morgan fingerprint density at radius 2 is 1.96 bits per heavy atom. The van der Waals surface area contributed by atoms with Crippen LogP contribution in [0.25, 0.3) is 0 Å². The van der Waals surface area contributed by atoms with Gasteiger partial charge < -0.3 is 0 Å². The van der Waals surface area contributed by atoms with E-state index in [1.165, 1.54) is 32.6 Å². The zero-order chi connectivity index (χ0) is 19.3. The van der Waals surface area contributed by atoms with Crippen molar-refractivity contribution in [3.8, 4) is 0 Å². The minimum atomic E-state index is -3.58. The molecular formula is C19H27N3O3S. The lowest BCUT2D eigenvalue weighted by atomic mass is 9.70. The third-order valence-corrected chi connectivity index (χ3v) is 8.49. The number of hydrazone groups is 1. The number of hydrogen-bond acceptors (Lipinski definition) is 4. The number of benzene rings is 1. The molecule has 1 aromatic carbocycles. The van der Waals surface area contributed by atoms with Crippen LogP contribution in [-0.4, -0.2) is 38.4 Å². The summed E-state index contributed by atoms with van der Waals surface area (Å²) in [5.41, 5.74) is 4.17. The van der Waals surface area contributed by atoms with E-state index in [4.69, 9.17) is 0 Å². The molecule has 1 N–H and O–H groups in total. The highest BCUT2D eigenvalue weighted by Crippen LogP contribution is 2.63. The molecule has 26 heavy (non-hydrogen) atoms. The minimum absolute atomic E-state index is 0.0149. The van der Waals surface area contributed by atoms with Gasteiger partial charge in [-0.05, 0) is 48.8 Å². The van der Waals surface area contributed by atoms with Gasteiger partial charge in [0, 0.05) is 30.8 Å². The van der Waals surface area contributed by atoms with Crippen LogP contribution in [0.3, 0.4) is 0 Å². The lowest BCUT2D eigenvalue weighted by Crippen LogP contribution is -2.34. The first-order chi connectivity index (χ1) is 12.0. The summed E-state index contributed by atoms with van der Waals surface area (Å²) in [6.45, 7) is 6.80. The van der Waals surface area contributed by atoms with Crippen LogP contribution >= 0.6 is 0 Å². The molecule has 7 heteroatoms. The lowest BCUT2D eigenvalue weighted by molar-refractivity contribution is 0.0953. The van der Waals surface area contributed by atoms with E-state index in [1.54, 1.807) is 12.1 Å². The molecule has 142 valence electrons. The summed E-state index contributed by atoms with van der Waals surface area (Å²) < 4.78 is 25.6. The molecule has 0 unspecified atom stereocenters. The lowest BCUT2D eigenvalue weighted by Gasteiger charge is -2.34. The van der Waals surface area contributed by atoms with Gasteiger partial charge in [0.1, 0.15) is 0 Å². The van der Waals surface area contributed by atoms with E-state index in [0.717, 1.165) is 22.9 Å². The van der Waals surface area contributed by atoms with Crippen molar-refractivity contribution in [3.05, 3.63) is 29.8 Å². The van der Waals surface area contributed by atoms with Gasteiger partial charge in [-0.2, -0.15) is 5.10 Å². The number of carbonyl (C=O) groups is 1. The van der Waals surface area contributed by atoms with Crippen LogP contribution in [-0.2, 0) is 10.0 Å². The molecule has 1 amide bonds. The first-order valence-corrected chi connectivity index (χ1v) is 10.3. The molecule has 3 rings (SSSR count). The summed E-state index contributed by atoms with van der Waals surface area (Å²) >= 11 is 0. The number of amides is 1. The quantitative estimate of drug-likeness (QED) is 0.820. The van der Waals surface area contributed by atoms with E-state index in [-0.39, 0.29) is 21.3 Å². The summed E-state index contributed by atoms with van der Waals surface area (Å²) in [5, 5.41) is 4.43. The SMILES string of the molecule is CN(C)S(=O)(=O)c1cccc(C(=O)N/N=C2/C[C@@H]3CC[C@@]2(C)C3(C)C)c1. The van der Waals surface area contributed by atoms with Gasteiger partial charge in [0.15, 0.2) is 0 Å². The van der Waals surface area contributed by atoms with Crippen LogP contribution in [0.4, 0.5) is 0 Å².